The van der Waals surface area contributed by atoms with E-state index in [1.165, 1.54) is 45.7 Å². The predicted octanol–water partition coefficient (Wildman–Crippen LogP) is 11.1. The summed E-state index contributed by atoms with van der Waals surface area (Å²) >= 11 is 11.4. The number of nitrogens with zero attached hydrogens (tertiary/aromatic N) is 7. The summed E-state index contributed by atoms with van der Waals surface area (Å²) in [6, 6.07) is 2.55. The molecule has 15 amide bonds. The van der Waals surface area contributed by atoms with Gasteiger partial charge in [0.05, 0.1) is 18.8 Å². The van der Waals surface area contributed by atoms with Gasteiger partial charge in [-0.2, -0.15) is 0 Å². The number of alkyl halides is 3. The van der Waals surface area contributed by atoms with Crippen molar-refractivity contribution in [3.8, 4) is 0 Å². The topological polar surface area (TPSA) is 318 Å². The lowest BCUT2D eigenvalue weighted by molar-refractivity contribution is -0.129. The molecule has 5 aliphatic heterocycles. The second-order valence-corrected chi connectivity index (χ2v) is 57.6. The van der Waals surface area contributed by atoms with Crippen molar-refractivity contribution in [3.63, 3.8) is 0 Å². The van der Waals surface area contributed by atoms with Crippen LogP contribution in [-0.2, 0) is 56.8 Å². The fourth-order valence-electron chi connectivity index (χ4n) is 8.28. The van der Waals surface area contributed by atoms with Crippen molar-refractivity contribution in [3.05, 3.63) is 0 Å². The molecule has 0 aliphatic carbocycles. The number of thioether (sulfide) groups is 1. The van der Waals surface area contributed by atoms with Gasteiger partial charge in [-0.3, -0.25) is 34.1 Å². The van der Waals surface area contributed by atoms with Gasteiger partial charge >= 0.3 is 30.2 Å². The molecule has 3 N–H and O–H groups in total. The monoisotopic (exact) mass is 1710 g/mol. The van der Waals surface area contributed by atoms with E-state index < -0.39 is 47.4 Å². The van der Waals surface area contributed by atoms with Crippen LogP contribution < -0.4 is 16.0 Å². The number of rotatable bonds is 41. The van der Waals surface area contributed by atoms with Gasteiger partial charge in [0.1, 0.15) is 46.6 Å². The molecule has 27 nitrogen and oxygen atoms in total. The molecule has 0 bridgehead atoms. The molecule has 0 unspecified atom stereocenters. The van der Waals surface area contributed by atoms with Gasteiger partial charge in [-0.15, -0.1) is 0 Å². The summed E-state index contributed by atoms with van der Waals surface area (Å²) in [6.45, 7) is 33.6. The van der Waals surface area contributed by atoms with Crippen LogP contribution in [0.4, 0.5) is 24.0 Å². The lowest BCUT2D eigenvalue weighted by atomic mass is 10.2. The molecule has 5 fully saturated rings. The van der Waals surface area contributed by atoms with E-state index in [9.17, 15) is 61.2 Å². The molecule has 0 spiro atoms. The molecule has 5 aliphatic rings. The first kappa shape index (κ1) is 95.1. The summed E-state index contributed by atoms with van der Waals surface area (Å²) in [6.07, 6.45) is 11.5. The largest absolute Gasteiger partial charge is 0.361 e. The molecule has 0 atom stereocenters. The minimum atomic E-state index is -3.46. The van der Waals surface area contributed by atoms with E-state index >= 15 is 0 Å². The van der Waals surface area contributed by atoms with Gasteiger partial charge in [0, 0.05) is 118 Å². The molecule has 0 aromatic rings. The normalized spacial score (nSPS) is 15.9. The highest BCUT2D eigenvalue weighted by atomic mass is 79.9. The summed E-state index contributed by atoms with van der Waals surface area (Å²) in [5, 5.41) is 10.2. The average Bonchev–Trinajstić information content (AvgIpc) is 1.71. The van der Waals surface area contributed by atoms with E-state index in [1.54, 1.807) is 16.7 Å². The van der Waals surface area contributed by atoms with Gasteiger partial charge in [0.15, 0.2) is 5.12 Å². The number of amides is 15. The standard InChI is InChI=1S/C16H30N2O4SSi.C14H27BrN2O3Si.C14H27ClN2O5SSi.C9H18N2O3Si.C5H10Br2.C3H4N2O2/c1-14(19)23-10-7-5-6-8-17-12-15(20)18(16(17)21)13-22-9-11-24(2,3)4;1-21(2,3)10-9-20-12-17-13(18)11-16(14(17)19)8-6-4-5-7-15;1-24(2,3)10-8-22-12-17-13(18)11-16(14(17)19)7-5-4-6-9-23(15,20)21;1-15(2,3)5-4-14-7-11-8(12)6-10-9(11)13;6-4-2-1-3-5-7;6-2-1-4-3(7)5-2/h5-13H2,1-4H3;4-12H2,1-3H3;4-12H2,1-3H3;4-7H2,1-3H3,(H,10,13);1-5H2;1H2,(H2,4,5,6,7). The van der Waals surface area contributed by atoms with Crippen molar-refractivity contribution in [2.45, 2.75) is 187 Å². The zero-order valence-corrected chi connectivity index (χ0v) is 71.7. The Labute approximate surface area is 622 Å². The predicted molar refractivity (Wildman–Crippen MR) is 409 cm³/mol. The third-order valence-electron chi connectivity index (χ3n) is 14.4. The smallest absolute Gasteiger partial charge is 0.329 e. The molecule has 98 heavy (non-hydrogen) atoms. The number of urea groups is 5. The van der Waals surface area contributed by atoms with E-state index in [1.807, 2.05) is 5.32 Å². The summed E-state index contributed by atoms with van der Waals surface area (Å²) in [4.78, 5) is 135. The van der Waals surface area contributed by atoms with E-state index in [0.717, 1.165) is 94.2 Å². The fraction of sp³-hybridized carbons (Fsp3) is 0.820. The van der Waals surface area contributed by atoms with Crippen LogP contribution in [0.1, 0.15) is 84.0 Å². The van der Waals surface area contributed by atoms with Crippen LogP contribution in [0.5, 0.6) is 0 Å². The van der Waals surface area contributed by atoms with Gasteiger partial charge in [-0.1, -0.05) is 164 Å². The molecular formula is C61H116Br3ClN10O17S2Si4. The SMILES string of the molecule is BrCCCCCBr.CC(=O)SCCCCCN1CC(=O)N(COCC[Si](C)(C)C)C1=O.C[Si](C)(C)CCOCN1C(=O)CN(CCCCCBr)C1=O.C[Si](C)(C)CCOCN1C(=O)CN(CCCCCS(=O)(=O)Cl)C1=O.C[Si](C)(C)CCOCN1C(=O)CNC1=O.O=C1CNC(=O)N1. The van der Waals surface area contributed by atoms with Gasteiger partial charge in [-0.25, -0.2) is 52.0 Å². The lowest BCUT2D eigenvalue weighted by Crippen LogP contribution is -2.35. The first-order valence-corrected chi connectivity index (χ1v) is 55.3. The van der Waals surface area contributed by atoms with E-state index in [4.69, 9.17) is 29.6 Å². The third kappa shape index (κ3) is 48.9. The Morgan fingerprint density at radius 1 is 0.459 bits per heavy atom. The van der Waals surface area contributed by atoms with Gasteiger partial charge in [-0.05, 0) is 75.5 Å². The Hall–Kier alpha value is -2.89. The van der Waals surface area contributed by atoms with Crippen LogP contribution in [0.3, 0.4) is 0 Å². The molecule has 37 heteroatoms. The van der Waals surface area contributed by atoms with Crippen molar-refractivity contribution >= 4 is 176 Å². The third-order valence-corrected chi connectivity index (χ3v) is 25.0. The Balaban J connectivity index is 0.00000121. The lowest BCUT2D eigenvalue weighted by Gasteiger charge is -2.19. The number of hydrogen-bond donors (Lipinski definition) is 3. The van der Waals surface area contributed by atoms with Crippen LogP contribution in [0, 0.1) is 0 Å². The Morgan fingerprint density at radius 3 is 1.05 bits per heavy atom. The zero-order valence-electron chi connectivity index (χ0n) is 60.6. The quantitative estimate of drug-likeness (QED) is 0.0168. The molecule has 5 saturated heterocycles. The summed E-state index contributed by atoms with van der Waals surface area (Å²) in [5.74, 6) is -0.305. The number of carbonyl (C=O) groups is 11. The summed E-state index contributed by atoms with van der Waals surface area (Å²) < 4.78 is 43.4. The molecule has 0 saturated carbocycles. The molecular weight excluding hydrogens is 1600 g/mol. The summed E-state index contributed by atoms with van der Waals surface area (Å²) in [5.41, 5.74) is 0. The summed E-state index contributed by atoms with van der Waals surface area (Å²) in [7, 11) is -2.92. The highest BCUT2D eigenvalue weighted by molar-refractivity contribution is 9.09. The second-order valence-electron chi connectivity index (χ2n) is 28.6. The van der Waals surface area contributed by atoms with E-state index in [2.05, 4.69) is 137 Å². The number of nitrogens with one attached hydrogen (secondary N) is 3. The van der Waals surface area contributed by atoms with Gasteiger partial charge in [0.25, 0.3) is 23.6 Å². The molecule has 0 radical (unpaired) electrons. The maximum Gasteiger partial charge on any atom is 0.329 e. The van der Waals surface area contributed by atoms with Crippen molar-refractivity contribution in [1.29, 1.82) is 0 Å². The first-order valence-electron chi connectivity index (χ1n) is 33.6. The first-order chi connectivity index (χ1) is 45.6. The van der Waals surface area contributed by atoms with Crippen molar-refractivity contribution in [2.75, 3.05) is 133 Å². The van der Waals surface area contributed by atoms with Crippen LogP contribution in [0.25, 0.3) is 0 Å². The van der Waals surface area contributed by atoms with Gasteiger partial charge in [0.2, 0.25) is 15.0 Å². The van der Waals surface area contributed by atoms with Gasteiger partial charge < -0.3 is 44.3 Å². The second kappa shape index (κ2) is 51.3. The highest BCUT2D eigenvalue weighted by Crippen LogP contribution is 2.18. The fourth-order valence-corrected chi connectivity index (χ4v) is 14.0. The number of halogens is 4. The number of ether oxygens (including phenoxy) is 4. The molecule has 0 aromatic heterocycles. The minimum Gasteiger partial charge on any atom is -0.361 e. The van der Waals surface area contributed by atoms with Crippen molar-refractivity contribution in [1.82, 2.24) is 50.2 Å². The van der Waals surface area contributed by atoms with Crippen molar-refractivity contribution in [2.24, 2.45) is 0 Å². The molecule has 5 heterocycles. The number of carbonyl (C=O) groups excluding carboxylic acids is 11. The molecule has 568 valence electrons. The van der Waals surface area contributed by atoms with Crippen LogP contribution in [0.2, 0.25) is 103 Å². The van der Waals surface area contributed by atoms with Crippen LogP contribution >= 0.6 is 70.2 Å². The molecule has 5 rings (SSSR count). The molecule has 0 aromatic carbocycles. The zero-order chi connectivity index (χ0) is 74.7. The number of hydrogen-bond acceptors (Lipinski definition) is 18. The Bertz CT molecular complexity index is 2560. The van der Waals surface area contributed by atoms with E-state index in [0.29, 0.717) is 65.3 Å². The maximum absolute atomic E-state index is 12.2. The number of imide groups is 5. The van der Waals surface area contributed by atoms with Crippen LogP contribution in [0.15, 0.2) is 0 Å². The van der Waals surface area contributed by atoms with Crippen molar-refractivity contribution < 1.29 is 80.1 Å². The Morgan fingerprint density at radius 2 is 0.786 bits per heavy atom. The Kier molecular flexibility index (Phi) is 49.8. The minimum absolute atomic E-state index is 0.00311. The highest BCUT2D eigenvalue weighted by Gasteiger charge is 2.38. The van der Waals surface area contributed by atoms with Crippen LogP contribution in [-0.4, -0.2) is 273 Å². The average molecular weight is 1710 g/mol. The van der Waals surface area contributed by atoms with E-state index in [-0.39, 0.29) is 124 Å². The maximum atomic E-state index is 12.2. The number of unbranched alkanes of at least 4 members (excludes halogenated alkanes) is 8.